The average molecular weight is 501 g/mol. The first kappa shape index (κ1) is 25.8. The van der Waals surface area contributed by atoms with E-state index in [9.17, 15) is 19.1 Å². The van der Waals surface area contributed by atoms with Crippen LogP contribution in [-0.2, 0) is 7.05 Å². The maximum absolute atomic E-state index is 13.6. The molecule has 3 aromatic carbocycles. The van der Waals surface area contributed by atoms with Gasteiger partial charge in [-0.15, -0.1) is 0 Å². The van der Waals surface area contributed by atoms with Gasteiger partial charge in [-0.2, -0.15) is 0 Å². The van der Waals surface area contributed by atoms with Gasteiger partial charge in [-0.3, -0.25) is 4.79 Å². The lowest BCUT2D eigenvalue weighted by molar-refractivity contribution is 0.0690. The molecular weight excluding hydrogens is 471 g/mol. The van der Waals surface area contributed by atoms with Crippen LogP contribution in [0.25, 0.3) is 22.2 Å². The number of amides is 1. The lowest BCUT2D eigenvalue weighted by atomic mass is 9.98. The summed E-state index contributed by atoms with van der Waals surface area (Å²) in [6.45, 7) is -0.763. The minimum atomic E-state index is -1.19. The molecule has 4 aromatic rings. The van der Waals surface area contributed by atoms with Crippen molar-refractivity contribution < 1.29 is 19.1 Å². The Morgan fingerprint density at radius 2 is 1.73 bits per heavy atom. The van der Waals surface area contributed by atoms with Crippen molar-refractivity contribution in [2.75, 3.05) is 6.67 Å². The number of rotatable bonds is 11. The van der Waals surface area contributed by atoms with Gasteiger partial charge >= 0.3 is 5.97 Å². The van der Waals surface area contributed by atoms with Crippen LogP contribution in [0.4, 0.5) is 4.39 Å². The molecule has 0 saturated heterocycles. The Bertz CT molecular complexity index is 1430. The number of nitrogens with zero attached hydrogens (tertiary/aromatic N) is 2. The monoisotopic (exact) mass is 500 g/mol. The van der Waals surface area contributed by atoms with Gasteiger partial charge in [0.05, 0.1) is 28.2 Å². The molecular formula is C29H29FN4O3. The number of hydrogen-bond acceptors (Lipinski definition) is 4. The van der Waals surface area contributed by atoms with Gasteiger partial charge in [0.1, 0.15) is 12.5 Å². The number of carboxylic acid groups (broad SMARTS) is 1. The standard InChI is InChI=1S/C29H29FN4O3/c1-34-26-14-8-7-12-24(26)32-27(34)25(13-6-5-11-21(31)18-30)33-28(35)23-17-20(15-16-22(23)29(36)37)19-9-3-2-4-10-19/h2-4,7-10,12,14-17,25,31H,5-6,11,13,18H2,1H3,(H,33,35)(H,36,37)/t25-/m0/s1. The van der Waals surface area contributed by atoms with Crippen molar-refractivity contribution in [3.05, 3.63) is 89.7 Å². The second-order valence-electron chi connectivity index (χ2n) is 8.96. The quantitative estimate of drug-likeness (QED) is 0.174. The van der Waals surface area contributed by atoms with Crippen LogP contribution in [0.2, 0.25) is 0 Å². The van der Waals surface area contributed by atoms with E-state index >= 15 is 0 Å². The highest BCUT2D eigenvalue weighted by atomic mass is 19.1. The second kappa shape index (κ2) is 11.6. The molecule has 0 aliphatic carbocycles. The van der Waals surface area contributed by atoms with Crippen molar-refractivity contribution in [3.63, 3.8) is 0 Å². The fraction of sp³-hybridized carbons (Fsp3) is 0.241. The van der Waals surface area contributed by atoms with E-state index in [1.807, 2.05) is 66.2 Å². The summed E-state index contributed by atoms with van der Waals surface area (Å²) in [4.78, 5) is 30.3. The van der Waals surface area contributed by atoms with Crippen LogP contribution in [0.3, 0.4) is 0 Å². The number of halogens is 1. The Morgan fingerprint density at radius 1 is 1.00 bits per heavy atom. The molecule has 0 fully saturated rings. The first-order chi connectivity index (χ1) is 17.9. The molecule has 0 radical (unpaired) electrons. The lowest BCUT2D eigenvalue weighted by Crippen LogP contribution is -2.31. The Labute approximate surface area is 214 Å². The fourth-order valence-corrected chi connectivity index (χ4v) is 4.46. The molecule has 1 amide bonds. The summed E-state index contributed by atoms with van der Waals surface area (Å²) in [7, 11) is 1.88. The van der Waals surface area contributed by atoms with Crippen LogP contribution in [-0.4, -0.2) is 38.9 Å². The van der Waals surface area contributed by atoms with E-state index < -0.39 is 24.6 Å². The van der Waals surface area contributed by atoms with E-state index in [1.165, 1.54) is 6.07 Å². The smallest absolute Gasteiger partial charge is 0.336 e. The van der Waals surface area contributed by atoms with Crippen molar-refractivity contribution in [1.29, 1.82) is 5.41 Å². The van der Waals surface area contributed by atoms with Crippen LogP contribution in [0.15, 0.2) is 72.8 Å². The first-order valence-corrected chi connectivity index (χ1v) is 12.2. The molecule has 0 aliphatic heterocycles. The Morgan fingerprint density at radius 3 is 2.43 bits per heavy atom. The van der Waals surface area contributed by atoms with Crippen LogP contribution < -0.4 is 5.32 Å². The molecule has 1 atom stereocenters. The molecule has 3 N–H and O–H groups in total. The molecule has 0 saturated carbocycles. The topological polar surface area (TPSA) is 108 Å². The minimum absolute atomic E-state index is 0.0483. The third-order valence-corrected chi connectivity index (χ3v) is 6.42. The number of unbranched alkanes of at least 4 members (excludes halogenated alkanes) is 1. The van der Waals surface area contributed by atoms with Crippen LogP contribution in [0.1, 0.15) is 58.3 Å². The molecule has 0 spiro atoms. The largest absolute Gasteiger partial charge is 0.478 e. The molecule has 37 heavy (non-hydrogen) atoms. The van der Waals surface area contributed by atoms with E-state index in [0.717, 1.165) is 22.2 Å². The number of fused-ring (bicyclic) bond motifs is 1. The maximum Gasteiger partial charge on any atom is 0.336 e. The Balaban J connectivity index is 1.66. The summed E-state index contributed by atoms with van der Waals surface area (Å²) >= 11 is 0. The zero-order valence-corrected chi connectivity index (χ0v) is 20.6. The predicted molar refractivity (Wildman–Crippen MR) is 142 cm³/mol. The number of alkyl halides is 1. The number of aryl methyl sites for hydroxylation is 1. The van der Waals surface area contributed by atoms with Crippen molar-refractivity contribution in [1.82, 2.24) is 14.9 Å². The SMILES string of the molecule is Cn1c([C@H](CCCCC(=N)CF)NC(=O)c2cc(-c3ccccc3)ccc2C(=O)O)nc2ccccc21. The Kier molecular flexibility index (Phi) is 8.08. The number of nitrogens with one attached hydrogen (secondary N) is 2. The van der Waals surface area contributed by atoms with Gasteiger partial charge in [0.15, 0.2) is 0 Å². The molecule has 1 heterocycles. The third kappa shape index (κ3) is 5.91. The summed E-state index contributed by atoms with van der Waals surface area (Å²) in [6.07, 6.45) is 2.08. The number of carboxylic acids is 1. The third-order valence-electron chi connectivity index (χ3n) is 6.42. The van der Waals surface area contributed by atoms with E-state index in [-0.39, 0.29) is 16.8 Å². The molecule has 0 bridgehead atoms. The zero-order chi connectivity index (χ0) is 26.4. The predicted octanol–water partition coefficient (Wildman–Crippen LogP) is 5.96. The number of hydrogen-bond donors (Lipinski definition) is 3. The molecule has 0 unspecified atom stereocenters. The number of carbonyl (C=O) groups is 2. The summed E-state index contributed by atoms with van der Waals surface area (Å²) in [5.41, 5.74) is 3.33. The van der Waals surface area contributed by atoms with Crippen LogP contribution >= 0.6 is 0 Å². The summed E-state index contributed by atoms with van der Waals surface area (Å²) < 4.78 is 14.6. The second-order valence-corrected chi connectivity index (χ2v) is 8.96. The van der Waals surface area contributed by atoms with E-state index in [2.05, 4.69) is 5.32 Å². The molecule has 0 aliphatic rings. The molecule has 8 heteroatoms. The van der Waals surface area contributed by atoms with Gasteiger partial charge < -0.3 is 20.4 Å². The van der Waals surface area contributed by atoms with Crippen molar-refractivity contribution in [3.8, 4) is 11.1 Å². The van der Waals surface area contributed by atoms with E-state index in [0.29, 0.717) is 31.5 Å². The van der Waals surface area contributed by atoms with Crippen molar-refractivity contribution >= 4 is 28.6 Å². The molecule has 4 rings (SSSR count). The maximum atomic E-state index is 13.6. The van der Waals surface area contributed by atoms with Gasteiger partial charge in [-0.1, -0.05) is 55.0 Å². The highest BCUT2D eigenvalue weighted by molar-refractivity contribution is 6.06. The average Bonchev–Trinajstić information content (AvgIpc) is 3.26. The number of aromatic nitrogens is 2. The van der Waals surface area contributed by atoms with Crippen molar-refractivity contribution in [2.24, 2.45) is 7.05 Å². The van der Waals surface area contributed by atoms with E-state index in [4.69, 9.17) is 10.4 Å². The number of benzene rings is 3. The highest BCUT2D eigenvalue weighted by Crippen LogP contribution is 2.26. The molecule has 190 valence electrons. The van der Waals surface area contributed by atoms with E-state index in [1.54, 1.807) is 12.1 Å². The molecule has 7 nitrogen and oxygen atoms in total. The van der Waals surface area contributed by atoms with Gasteiger partial charge in [0, 0.05) is 12.8 Å². The van der Waals surface area contributed by atoms with Gasteiger partial charge in [0.2, 0.25) is 0 Å². The lowest BCUT2D eigenvalue weighted by Gasteiger charge is -2.20. The Hall–Kier alpha value is -4.33. The number of imidazole rings is 1. The zero-order valence-electron chi connectivity index (χ0n) is 20.6. The summed E-state index contributed by atoms with van der Waals surface area (Å²) in [6, 6.07) is 21.3. The normalized spacial score (nSPS) is 11.8. The van der Waals surface area contributed by atoms with Gasteiger partial charge in [-0.05, 0) is 54.7 Å². The summed E-state index contributed by atoms with van der Waals surface area (Å²) in [5.74, 6) is -1.05. The number of aromatic carboxylic acids is 1. The number of para-hydroxylation sites is 2. The molecule has 1 aromatic heterocycles. The fourth-order valence-electron chi connectivity index (χ4n) is 4.46. The van der Waals surface area contributed by atoms with Crippen LogP contribution in [0.5, 0.6) is 0 Å². The first-order valence-electron chi connectivity index (χ1n) is 12.2. The number of carbonyl (C=O) groups excluding carboxylic acids is 1. The van der Waals surface area contributed by atoms with Crippen molar-refractivity contribution in [2.45, 2.75) is 31.7 Å². The van der Waals surface area contributed by atoms with Crippen LogP contribution in [0, 0.1) is 5.41 Å². The summed E-state index contributed by atoms with van der Waals surface area (Å²) in [5, 5.41) is 20.3. The highest BCUT2D eigenvalue weighted by Gasteiger charge is 2.24. The minimum Gasteiger partial charge on any atom is -0.478 e. The van der Waals surface area contributed by atoms with Gasteiger partial charge in [0.25, 0.3) is 5.91 Å². The van der Waals surface area contributed by atoms with Gasteiger partial charge in [-0.25, -0.2) is 14.2 Å².